The van der Waals surface area contributed by atoms with E-state index in [1.54, 1.807) is 13.0 Å². The lowest BCUT2D eigenvalue weighted by Crippen LogP contribution is -2.11. The number of hydrogen-bond donors (Lipinski definition) is 2. The van der Waals surface area contributed by atoms with E-state index >= 15 is 0 Å². The van der Waals surface area contributed by atoms with Gasteiger partial charge in [-0.2, -0.15) is 0 Å². The highest BCUT2D eigenvalue weighted by atomic mass is 16.3. The van der Waals surface area contributed by atoms with Gasteiger partial charge in [-0.05, 0) is 19.1 Å². The SMILES string of the molecule is Cc1c(CO)[nH]c2ccccc2c1=O. The lowest BCUT2D eigenvalue weighted by Gasteiger charge is -2.04. The van der Waals surface area contributed by atoms with Crippen molar-refractivity contribution in [3.05, 3.63) is 45.7 Å². The van der Waals surface area contributed by atoms with E-state index in [1.807, 2.05) is 18.2 Å². The van der Waals surface area contributed by atoms with E-state index in [9.17, 15) is 4.79 Å². The largest absolute Gasteiger partial charge is 0.390 e. The zero-order chi connectivity index (χ0) is 10.1. The van der Waals surface area contributed by atoms with Gasteiger partial charge in [-0.25, -0.2) is 0 Å². The van der Waals surface area contributed by atoms with Crippen LogP contribution in [-0.4, -0.2) is 10.1 Å². The van der Waals surface area contributed by atoms with E-state index in [4.69, 9.17) is 5.11 Å². The van der Waals surface area contributed by atoms with Crippen molar-refractivity contribution in [2.75, 3.05) is 0 Å². The lowest BCUT2D eigenvalue weighted by molar-refractivity contribution is 0.276. The molecule has 0 saturated carbocycles. The molecule has 0 aliphatic rings. The van der Waals surface area contributed by atoms with Gasteiger partial charge in [0.25, 0.3) is 0 Å². The van der Waals surface area contributed by atoms with Gasteiger partial charge in [0.2, 0.25) is 0 Å². The summed E-state index contributed by atoms with van der Waals surface area (Å²) in [5.41, 5.74) is 1.94. The first kappa shape index (κ1) is 8.97. The number of pyridine rings is 1. The molecule has 0 saturated heterocycles. The van der Waals surface area contributed by atoms with E-state index in [-0.39, 0.29) is 12.0 Å². The van der Waals surface area contributed by atoms with Crippen LogP contribution in [-0.2, 0) is 6.61 Å². The second kappa shape index (κ2) is 3.27. The Morgan fingerprint density at radius 1 is 1.36 bits per heavy atom. The second-order valence-electron chi connectivity index (χ2n) is 3.26. The number of aromatic amines is 1. The first-order valence-electron chi connectivity index (χ1n) is 4.45. The van der Waals surface area contributed by atoms with Crippen LogP contribution in [0.4, 0.5) is 0 Å². The molecular weight excluding hydrogens is 178 g/mol. The van der Waals surface area contributed by atoms with Gasteiger partial charge in [-0.1, -0.05) is 12.1 Å². The van der Waals surface area contributed by atoms with Crippen molar-refractivity contribution in [3.8, 4) is 0 Å². The molecule has 1 heterocycles. The van der Waals surface area contributed by atoms with Crippen molar-refractivity contribution in [3.63, 3.8) is 0 Å². The van der Waals surface area contributed by atoms with Crippen LogP contribution in [0.25, 0.3) is 10.9 Å². The van der Waals surface area contributed by atoms with Gasteiger partial charge in [0.1, 0.15) is 0 Å². The normalized spacial score (nSPS) is 10.7. The molecule has 0 atom stereocenters. The molecule has 1 aromatic carbocycles. The highest BCUT2D eigenvalue weighted by Crippen LogP contribution is 2.10. The van der Waals surface area contributed by atoms with Crippen LogP contribution < -0.4 is 5.43 Å². The van der Waals surface area contributed by atoms with Crippen molar-refractivity contribution in [2.24, 2.45) is 0 Å². The number of benzene rings is 1. The Bertz CT molecular complexity index is 528. The second-order valence-corrected chi connectivity index (χ2v) is 3.26. The van der Waals surface area contributed by atoms with Gasteiger partial charge in [0, 0.05) is 22.2 Å². The van der Waals surface area contributed by atoms with Crippen LogP contribution in [0, 0.1) is 6.92 Å². The predicted octanol–water partition coefficient (Wildman–Crippen LogP) is 1.33. The Hall–Kier alpha value is -1.61. The molecule has 0 unspecified atom stereocenters. The minimum Gasteiger partial charge on any atom is -0.390 e. The molecule has 0 aliphatic carbocycles. The number of aliphatic hydroxyl groups excluding tert-OH is 1. The first-order valence-corrected chi connectivity index (χ1v) is 4.45. The standard InChI is InChI=1S/C11H11NO2/c1-7-10(6-13)12-9-5-3-2-4-8(9)11(7)14/h2-5,13H,6H2,1H3,(H,12,14). The average molecular weight is 189 g/mol. The summed E-state index contributed by atoms with van der Waals surface area (Å²) in [6, 6.07) is 7.29. The molecule has 3 nitrogen and oxygen atoms in total. The fourth-order valence-electron chi connectivity index (χ4n) is 1.54. The number of nitrogens with one attached hydrogen (secondary N) is 1. The highest BCUT2D eigenvalue weighted by Gasteiger charge is 2.05. The summed E-state index contributed by atoms with van der Waals surface area (Å²) >= 11 is 0. The van der Waals surface area contributed by atoms with Crippen LogP contribution >= 0.6 is 0 Å². The number of rotatable bonds is 1. The average Bonchev–Trinajstić information content (AvgIpc) is 2.23. The van der Waals surface area contributed by atoms with Crippen LogP contribution in [0.2, 0.25) is 0 Å². The van der Waals surface area contributed by atoms with Crippen molar-refractivity contribution in [2.45, 2.75) is 13.5 Å². The molecule has 2 rings (SSSR count). The predicted molar refractivity (Wildman–Crippen MR) is 55.2 cm³/mol. The molecule has 14 heavy (non-hydrogen) atoms. The van der Waals surface area contributed by atoms with Crippen LogP contribution in [0.5, 0.6) is 0 Å². The van der Waals surface area contributed by atoms with E-state index in [0.29, 0.717) is 16.6 Å². The molecule has 1 aromatic heterocycles. The summed E-state index contributed by atoms with van der Waals surface area (Å²) in [5.74, 6) is 0. The molecular formula is C11H11NO2. The van der Waals surface area contributed by atoms with Crippen LogP contribution in [0.15, 0.2) is 29.1 Å². The Kier molecular flexibility index (Phi) is 2.09. The molecule has 2 N–H and O–H groups in total. The summed E-state index contributed by atoms with van der Waals surface area (Å²) in [6.07, 6.45) is 0. The molecule has 0 radical (unpaired) electrons. The molecule has 0 aliphatic heterocycles. The molecule has 0 bridgehead atoms. The summed E-state index contributed by atoms with van der Waals surface area (Å²) in [6.45, 7) is 1.59. The highest BCUT2D eigenvalue weighted by molar-refractivity contribution is 5.79. The monoisotopic (exact) mass is 189 g/mol. The number of hydrogen-bond acceptors (Lipinski definition) is 2. The minimum absolute atomic E-state index is 0.0107. The van der Waals surface area contributed by atoms with Crippen LogP contribution in [0.3, 0.4) is 0 Å². The van der Waals surface area contributed by atoms with Crippen molar-refractivity contribution >= 4 is 10.9 Å². The van der Waals surface area contributed by atoms with Gasteiger partial charge in [-0.3, -0.25) is 4.79 Å². The molecule has 0 spiro atoms. The Morgan fingerprint density at radius 3 is 2.79 bits per heavy atom. The molecule has 3 heteroatoms. The van der Waals surface area contributed by atoms with Crippen molar-refractivity contribution in [1.29, 1.82) is 0 Å². The molecule has 0 fully saturated rings. The lowest BCUT2D eigenvalue weighted by atomic mass is 10.1. The Balaban J connectivity index is 2.92. The minimum atomic E-state index is -0.133. The number of para-hydroxylation sites is 1. The number of aromatic nitrogens is 1. The van der Waals surface area contributed by atoms with Gasteiger partial charge in [0.05, 0.1) is 6.61 Å². The molecule has 0 amide bonds. The van der Waals surface area contributed by atoms with Crippen molar-refractivity contribution in [1.82, 2.24) is 4.98 Å². The first-order chi connectivity index (χ1) is 6.74. The third-order valence-electron chi connectivity index (χ3n) is 2.41. The summed E-state index contributed by atoms with van der Waals surface area (Å²) in [7, 11) is 0. The summed E-state index contributed by atoms with van der Waals surface area (Å²) < 4.78 is 0. The third-order valence-corrected chi connectivity index (χ3v) is 2.41. The van der Waals surface area contributed by atoms with Gasteiger partial charge in [0.15, 0.2) is 5.43 Å². The smallest absolute Gasteiger partial charge is 0.192 e. The van der Waals surface area contributed by atoms with Crippen molar-refractivity contribution < 1.29 is 5.11 Å². The van der Waals surface area contributed by atoms with E-state index in [1.165, 1.54) is 0 Å². The van der Waals surface area contributed by atoms with E-state index in [0.717, 1.165) is 5.52 Å². The van der Waals surface area contributed by atoms with Gasteiger partial charge in [-0.15, -0.1) is 0 Å². The zero-order valence-electron chi connectivity index (χ0n) is 7.87. The van der Waals surface area contributed by atoms with E-state index < -0.39 is 0 Å². The molecule has 72 valence electrons. The summed E-state index contributed by atoms with van der Waals surface area (Å²) in [4.78, 5) is 14.8. The third kappa shape index (κ3) is 1.22. The fourth-order valence-corrected chi connectivity index (χ4v) is 1.54. The maximum Gasteiger partial charge on any atom is 0.192 e. The van der Waals surface area contributed by atoms with Gasteiger partial charge >= 0.3 is 0 Å². The topological polar surface area (TPSA) is 53.1 Å². The number of H-pyrrole nitrogens is 1. The van der Waals surface area contributed by atoms with E-state index in [2.05, 4.69) is 4.98 Å². The Morgan fingerprint density at radius 2 is 2.07 bits per heavy atom. The quantitative estimate of drug-likeness (QED) is 0.711. The number of aliphatic hydroxyl groups is 1. The number of fused-ring (bicyclic) bond motifs is 1. The maximum atomic E-state index is 11.8. The van der Waals surface area contributed by atoms with Crippen LogP contribution in [0.1, 0.15) is 11.3 Å². The fraction of sp³-hybridized carbons (Fsp3) is 0.182. The Labute approximate surface area is 81.0 Å². The molecule has 2 aromatic rings. The van der Waals surface area contributed by atoms with Gasteiger partial charge < -0.3 is 10.1 Å². The maximum absolute atomic E-state index is 11.8. The zero-order valence-corrected chi connectivity index (χ0v) is 7.87. The summed E-state index contributed by atoms with van der Waals surface area (Å²) in [5, 5.41) is 9.70.